The van der Waals surface area contributed by atoms with Crippen LogP contribution in [0.1, 0.15) is 10.4 Å². The molecule has 0 atom stereocenters. The topological polar surface area (TPSA) is 152 Å². The van der Waals surface area contributed by atoms with Gasteiger partial charge in [0.05, 0.1) is 50.8 Å². The molecular weight excluding hydrogens is 688 g/mol. The summed E-state index contributed by atoms with van der Waals surface area (Å²) >= 11 is 5.65. The standard InChI is InChI=1S/C31H28F3N7O6S2/c1-45-24-15-22-23(16-25(24)46-2)38-27-26(22)28(36-17-35-27)40-11-13-41(14-12-40)30(48)37-19-5-9-21(10-6-19)49(43,44)39-29(42)18-3-7-20(8-4-18)47-31(32,33)34/h3-10,15-17H,11-14H2,1-2H3,(H,37,48)(H,39,42)(H,35,36,38)/p+1. The van der Waals surface area contributed by atoms with Crippen LogP contribution in [-0.2, 0) is 10.0 Å². The third-order valence-electron chi connectivity index (χ3n) is 7.79. The Morgan fingerprint density at radius 2 is 1.63 bits per heavy atom. The quantitative estimate of drug-likeness (QED) is 0.199. The Balaban J connectivity index is 1.07. The van der Waals surface area contributed by atoms with Crippen molar-refractivity contribution in [3.8, 4) is 17.2 Å². The molecule has 1 aliphatic heterocycles. The van der Waals surface area contributed by atoms with Gasteiger partial charge in [0.25, 0.3) is 15.9 Å². The number of halogens is 3. The third kappa shape index (κ3) is 7.24. The lowest BCUT2D eigenvalue weighted by Gasteiger charge is -2.34. The first-order valence-electron chi connectivity index (χ1n) is 14.6. The predicted octanol–water partition coefficient (Wildman–Crippen LogP) is 4.08. The van der Waals surface area contributed by atoms with Crippen molar-refractivity contribution < 1.29 is 45.6 Å². The average Bonchev–Trinajstić information content (AvgIpc) is 3.45. The van der Waals surface area contributed by atoms with E-state index in [1.807, 2.05) is 21.8 Å². The summed E-state index contributed by atoms with van der Waals surface area (Å²) in [5, 5.41) is 5.43. The van der Waals surface area contributed by atoms with Gasteiger partial charge in [-0.05, 0) is 66.8 Å². The minimum Gasteiger partial charge on any atom is -0.493 e. The number of carbonyl (C=O) groups excluding carboxylic acids is 1. The Morgan fingerprint density at radius 3 is 2.27 bits per heavy atom. The molecule has 1 fully saturated rings. The van der Waals surface area contributed by atoms with Crippen molar-refractivity contribution in [2.24, 2.45) is 0 Å². The summed E-state index contributed by atoms with van der Waals surface area (Å²) < 4.78 is 79.4. The number of methoxy groups -OCH3 is 2. The van der Waals surface area contributed by atoms with E-state index in [0.29, 0.717) is 48.5 Å². The van der Waals surface area contributed by atoms with Crippen LogP contribution in [0.4, 0.5) is 24.7 Å². The van der Waals surface area contributed by atoms with Gasteiger partial charge in [-0.2, -0.15) is 0 Å². The zero-order chi connectivity index (χ0) is 34.9. The molecule has 1 aliphatic rings. The van der Waals surface area contributed by atoms with Gasteiger partial charge >= 0.3 is 6.36 Å². The van der Waals surface area contributed by atoms with Gasteiger partial charge in [0.15, 0.2) is 16.6 Å². The highest BCUT2D eigenvalue weighted by molar-refractivity contribution is 7.90. The molecule has 2 aromatic heterocycles. The molecule has 13 nitrogen and oxygen atoms in total. The average molecular weight is 717 g/mol. The number of thiocarbonyl (C=S) groups is 1. The second-order valence-electron chi connectivity index (χ2n) is 10.8. The number of hydrogen-bond acceptors (Lipinski definition) is 9. The number of hydrogen-bond donors (Lipinski definition) is 3. The molecular formula is C31H29F3N7O6S2+. The van der Waals surface area contributed by atoms with Gasteiger partial charge in [-0.1, -0.05) is 4.98 Å². The highest BCUT2D eigenvalue weighted by Gasteiger charge is 2.31. The number of aromatic nitrogens is 3. The Morgan fingerprint density at radius 1 is 0.980 bits per heavy atom. The predicted molar refractivity (Wildman–Crippen MR) is 177 cm³/mol. The molecule has 0 spiro atoms. The Labute approximate surface area is 283 Å². The second-order valence-corrected chi connectivity index (χ2v) is 12.9. The second kappa shape index (κ2) is 13.3. The van der Waals surface area contributed by atoms with Crippen LogP contribution in [0.2, 0.25) is 0 Å². The molecule has 1 saturated heterocycles. The van der Waals surface area contributed by atoms with Crippen molar-refractivity contribution in [3.05, 3.63) is 72.6 Å². The van der Waals surface area contributed by atoms with Crippen LogP contribution in [0.5, 0.6) is 17.2 Å². The first-order valence-corrected chi connectivity index (χ1v) is 16.5. The first-order chi connectivity index (χ1) is 23.3. The fourth-order valence-electron chi connectivity index (χ4n) is 5.42. The molecule has 0 aliphatic carbocycles. The summed E-state index contributed by atoms with van der Waals surface area (Å²) in [6, 6.07) is 13.3. The van der Waals surface area contributed by atoms with Gasteiger partial charge in [0.2, 0.25) is 17.8 Å². The monoisotopic (exact) mass is 716 g/mol. The summed E-state index contributed by atoms with van der Waals surface area (Å²) in [7, 11) is -1.11. The summed E-state index contributed by atoms with van der Waals surface area (Å²) in [4.78, 5) is 27.6. The van der Waals surface area contributed by atoms with Crippen LogP contribution in [0.25, 0.3) is 21.9 Å². The number of sulfonamides is 1. The number of rotatable bonds is 8. The van der Waals surface area contributed by atoms with E-state index in [4.69, 9.17) is 21.7 Å². The maximum atomic E-state index is 12.8. The lowest BCUT2D eigenvalue weighted by molar-refractivity contribution is -0.367. The lowest BCUT2D eigenvalue weighted by atomic mass is 10.1. The number of alkyl halides is 3. The Hall–Kier alpha value is -5.36. The number of H-pyrrole nitrogens is 2. The molecule has 0 unspecified atom stereocenters. The molecule has 256 valence electrons. The number of ether oxygens (including phenoxy) is 3. The van der Waals surface area contributed by atoms with Crippen LogP contribution < -0.4 is 34.1 Å². The Bertz CT molecular complexity index is 2140. The van der Waals surface area contributed by atoms with E-state index in [1.165, 1.54) is 24.3 Å². The SMILES string of the molecule is COc1cc2[nH]c3nc[nH+]c(N4CCN(C(=S)Nc5ccc(S(=O)(=O)NC(=O)c6ccc(OC(F)(F)F)cc6)cc5)CC4)c3c2cc1OC. The Kier molecular flexibility index (Phi) is 9.08. The fraction of sp³-hybridized carbons (Fsp3) is 0.226. The minimum absolute atomic E-state index is 0.171. The lowest BCUT2D eigenvalue weighted by Crippen LogP contribution is -2.51. The number of benzene rings is 3. The molecule has 5 aromatic rings. The number of anilines is 2. The van der Waals surface area contributed by atoms with Crippen LogP contribution in [0, 0.1) is 0 Å². The molecule has 3 heterocycles. The number of fused-ring (bicyclic) bond motifs is 3. The molecule has 18 heteroatoms. The number of amides is 1. The van der Waals surface area contributed by atoms with E-state index in [9.17, 15) is 26.4 Å². The van der Waals surface area contributed by atoms with Crippen molar-refractivity contribution in [1.29, 1.82) is 0 Å². The first kappa shape index (κ1) is 33.5. The van der Waals surface area contributed by atoms with Crippen LogP contribution in [0.3, 0.4) is 0 Å². The zero-order valence-electron chi connectivity index (χ0n) is 25.9. The summed E-state index contributed by atoms with van der Waals surface area (Å²) in [6.07, 6.45) is -3.26. The largest absolute Gasteiger partial charge is 0.573 e. The molecule has 0 radical (unpaired) electrons. The van der Waals surface area contributed by atoms with Gasteiger partial charge in [-0.15, -0.1) is 13.2 Å². The van der Waals surface area contributed by atoms with E-state index < -0.39 is 28.0 Å². The van der Waals surface area contributed by atoms with E-state index in [-0.39, 0.29) is 10.5 Å². The van der Waals surface area contributed by atoms with Gasteiger partial charge < -0.3 is 29.4 Å². The number of carbonyl (C=O) groups is 1. The van der Waals surface area contributed by atoms with E-state index in [1.54, 1.807) is 20.5 Å². The molecule has 6 rings (SSSR count). The van der Waals surface area contributed by atoms with Crippen LogP contribution in [-0.4, -0.2) is 81.1 Å². The maximum absolute atomic E-state index is 12.8. The van der Waals surface area contributed by atoms with Gasteiger partial charge in [0.1, 0.15) is 11.1 Å². The molecule has 1 amide bonds. The zero-order valence-corrected chi connectivity index (χ0v) is 27.6. The van der Waals surface area contributed by atoms with Crippen LogP contribution in [0.15, 0.2) is 71.9 Å². The summed E-state index contributed by atoms with van der Waals surface area (Å²) in [5.41, 5.74) is 1.94. The van der Waals surface area contributed by atoms with Crippen molar-refractivity contribution in [1.82, 2.24) is 19.6 Å². The van der Waals surface area contributed by atoms with Crippen molar-refractivity contribution >= 4 is 66.7 Å². The highest BCUT2D eigenvalue weighted by atomic mass is 32.2. The minimum atomic E-state index is -4.90. The van der Waals surface area contributed by atoms with Crippen molar-refractivity contribution in [3.63, 3.8) is 0 Å². The van der Waals surface area contributed by atoms with E-state index in [2.05, 4.69) is 29.9 Å². The smallest absolute Gasteiger partial charge is 0.493 e. The molecule has 0 saturated carbocycles. The molecule has 3 aromatic carbocycles. The summed E-state index contributed by atoms with van der Waals surface area (Å²) in [5.74, 6) is 0.552. The van der Waals surface area contributed by atoms with E-state index in [0.717, 1.165) is 52.0 Å². The van der Waals surface area contributed by atoms with Gasteiger partial charge in [-0.3, -0.25) is 9.69 Å². The van der Waals surface area contributed by atoms with E-state index >= 15 is 0 Å². The van der Waals surface area contributed by atoms with Gasteiger partial charge in [0, 0.05) is 22.7 Å². The number of nitrogens with zero attached hydrogens (tertiary/aromatic N) is 3. The summed E-state index contributed by atoms with van der Waals surface area (Å²) in [6.45, 7) is 2.49. The number of aromatic amines is 2. The van der Waals surface area contributed by atoms with Crippen LogP contribution >= 0.6 is 12.2 Å². The molecule has 49 heavy (non-hydrogen) atoms. The third-order valence-corrected chi connectivity index (χ3v) is 9.50. The number of nitrogens with one attached hydrogen (secondary N) is 4. The van der Waals surface area contributed by atoms with Crippen molar-refractivity contribution in [2.45, 2.75) is 11.3 Å². The molecule has 0 bridgehead atoms. The maximum Gasteiger partial charge on any atom is 0.573 e. The highest BCUT2D eigenvalue weighted by Crippen LogP contribution is 2.37. The fourth-order valence-corrected chi connectivity index (χ4v) is 6.70. The number of piperazine rings is 1. The normalized spacial score (nSPS) is 13.7. The van der Waals surface area contributed by atoms with Crippen molar-refractivity contribution in [2.75, 3.05) is 50.6 Å². The molecule has 4 N–H and O–H groups in total. The van der Waals surface area contributed by atoms with Gasteiger partial charge in [-0.25, -0.2) is 18.1 Å².